The maximum absolute atomic E-state index is 12.1. The number of halogens is 1. The van der Waals surface area contributed by atoms with Crippen LogP contribution in [0.5, 0.6) is 0 Å². The van der Waals surface area contributed by atoms with E-state index < -0.39 is 15.1 Å². The van der Waals surface area contributed by atoms with Crippen molar-refractivity contribution >= 4 is 42.3 Å². The topological polar surface area (TPSA) is 84.9 Å². The van der Waals surface area contributed by atoms with Crippen LogP contribution in [0.3, 0.4) is 0 Å². The molecule has 7 nitrogen and oxygen atoms in total. The predicted molar refractivity (Wildman–Crippen MR) is 99.2 cm³/mol. The molecule has 0 aromatic heterocycles. The van der Waals surface area contributed by atoms with E-state index in [4.69, 9.17) is 20.2 Å². The Kier molecular flexibility index (Phi) is 5.98. The molecule has 1 amide bonds. The molecule has 0 spiro atoms. The highest BCUT2D eigenvalue weighted by atomic mass is 35.7. The largest absolute Gasteiger partial charge is 0.448 e. The Morgan fingerprint density at radius 2 is 1.85 bits per heavy atom. The third kappa shape index (κ3) is 4.64. The number of anilines is 1. The first kappa shape index (κ1) is 18.9. The molecule has 9 heteroatoms. The standard InChI is InChI=1S/C17H19ClN2O5S/c18-26(22,23)16-6-2-3-13-14(16)4-1-5-15(13)19-17(21)25-12-9-20-7-10-24-11-8-20/h1-6H,7-12H2,(H,19,21). The van der Waals surface area contributed by atoms with Crippen molar-refractivity contribution in [3.63, 3.8) is 0 Å². The van der Waals surface area contributed by atoms with Gasteiger partial charge in [0, 0.05) is 41.1 Å². The van der Waals surface area contributed by atoms with E-state index in [0.29, 0.717) is 36.2 Å². The highest BCUT2D eigenvalue weighted by Gasteiger charge is 2.16. The number of carbonyl (C=O) groups is 1. The Balaban J connectivity index is 1.67. The Hall–Kier alpha value is -1.87. The third-order valence-corrected chi connectivity index (χ3v) is 5.51. The summed E-state index contributed by atoms with van der Waals surface area (Å²) in [7, 11) is 1.60. The van der Waals surface area contributed by atoms with Gasteiger partial charge in [0.15, 0.2) is 0 Å². The summed E-state index contributed by atoms with van der Waals surface area (Å²) in [5.74, 6) is 0. The van der Waals surface area contributed by atoms with E-state index in [0.717, 1.165) is 13.1 Å². The summed E-state index contributed by atoms with van der Waals surface area (Å²) < 4.78 is 33.9. The summed E-state index contributed by atoms with van der Waals surface area (Å²) in [6.07, 6.45) is -0.593. The molecule has 1 N–H and O–H groups in total. The van der Waals surface area contributed by atoms with Gasteiger partial charge in [-0.2, -0.15) is 0 Å². The molecular weight excluding hydrogens is 380 g/mol. The highest BCUT2D eigenvalue weighted by molar-refractivity contribution is 8.14. The lowest BCUT2D eigenvalue weighted by Crippen LogP contribution is -2.38. The van der Waals surface area contributed by atoms with Gasteiger partial charge in [-0.05, 0) is 12.1 Å². The van der Waals surface area contributed by atoms with E-state index in [2.05, 4.69) is 10.2 Å². The van der Waals surface area contributed by atoms with Crippen LogP contribution < -0.4 is 5.32 Å². The molecule has 1 saturated heterocycles. The molecule has 1 aliphatic heterocycles. The van der Waals surface area contributed by atoms with Gasteiger partial charge in [-0.15, -0.1) is 0 Å². The molecule has 140 valence electrons. The van der Waals surface area contributed by atoms with Crippen LogP contribution in [0.4, 0.5) is 10.5 Å². The second-order valence-electron chi connectivity index (χ2n) is 5.81. The van der Waals surface area contributed by atoms with Crippen LogP contribution in [0.1, 0.15) is 0 Å². The Labute approximate surface area is 156 Å². The van der Waals surface area contributed by atoms with Crippen molar-refractivity contribution in [1.82, 2.24) is 4.90 Å². The molecule has 1 aliphatic rings. The first-order valence-electron chi connectivity index (χ1n) is 8.15. The normalized spacial score (nSPS) is 15.7. The predicted octanol–water partition coefficient (Wildman–Crippen LogP) is 2.65. The number of benzene rings is 2. The van der Waals surface area contributed by atoms with Crippen LogP contribution in [0.2, 0.25) is 0 Å². The second kappa shape index (κ2) is 8.22. The van der Waals surface area contributed by atoms with Gasteiger partial charge in [0.05, 0.1) is 23.8 Å². The molecule has 0 bridgehead atoms. The van der Waals surface area contributed by atoms with E-state index >= 15 is 0 Å². The van der Waals surface area contributed by atoms with Crippen molar-refractivity contribution < 1.29 is 22.7 Å². The quantitative estimate of drug-likeness (QED) is 0.779. The molecule has 2 aromatic rings. The minimum Gasteiger partial charge on any atom is -0.448 e. The number of amides is 1. The number of fused-ring (bicyclic) bond motifs is 1. The number of rotatable bonds is 5. The van der Waals surface area contributed by atoms with E-state index in [1.54, 1.807) is 30.3 Å². The molecule has 26 heavy (non-hydrogen) atoms. The number of nitrogens with one attached hydrogen (secondary N) is 1. The van der Waals surface area contributed by atoms with Crippen LogP contribution in [0.25, 0.3) is 10.8 Å². The van der Waals surface area contributed by atoms with Crippen molar-refractivity contribution in [2.24, 2.45) is 0 Å². The fourth-order valence-corrected chi connectivity index (χ4v) is 3.93. The average molecular weight is 399 g/mol. The zero-order valence-electron chi connectivity index (χ0n) is 14.0. The van der Waals surface area contributed by atoms with Gasteiger partial charge in [0.2, 0.25) is 0 Å². The van der Waals surface area contributed by atoms with Crippen molar-refractivity contribution in [3.05, 3.63) is 36.4 Å². The molecule has 0 unspecified atom stereocenters. The Bertz CT molecular complexity index is 897. The molecule has 0 aliphatic carbocycles. The Morgan fingerprint density at radius 1 is 1.15 bits per heavy atom. The van der Waals surface area contributed by atoms with Gasteiger partial charge in [-0.1, -0.05) is 24.3 Å². The summed E-state index contributed by atoms with van der Waals surface area (Å²) in [5, 5.41) is 3.67. The van der Waals surface area contributed by atoms with Crippen LogP contribution in [0.15, 0.2) is 41.3 Å². The number of nitrogens with zero attached hydrogens (tertiary/aromatic N) is 1. The van der Waals surface area contributed by atoms with Gasteiger partial charge in [-0.3, -0.25) is 10.2 Å². The minimum atomic E-state index is -3.89. The lowest BCUT2D eigenvalue weighted by atomic mass is 10.1. The van der Waals surface area contributed by atoms with Crippen LogP contribution in [-0.4, -0.2) is 58.9 Å². The second-order valence-corrected chi connectivity index (χ2v) is 8.34. The third-order valence-electron chi connectivity index (χ3n) is 4.13. The number of carbonyl (C=O) groups excluding carboxylic acids is 1. The molecule has 0 atom stereocenters. The summed E-state index contributed by atoms with van der Waals surface area (Å²) in [6.45, 7) is 3.93. The van der Waals surface area contributed by atoms with Crippen molar-refractivity contribution in [1.29, 1.82) is 0 Å². The number of hydrogen-bond acceptors (Lipinski definition) is 6. The molecule has 1 fully saturated rings. The average Bonchev–Trinajstić information content (AvgIpc) is 2.61. The number of hydrogen-bond donors (Lipinski definition) is 1. The molecule has 1 heterocycles. The van der Waals surface area contributed by atoms with Crippen LogP contribution in [-0.2, 0) is 18.5 Å². The van der Waals surface area contributed by atoms with Crippen molar-refractivity contribution in [3.8, 4) is 0 Å². The maximum Gasteiger partial charge on any atom is 0.411 e. The van der Waals surface area contributed by atoms with Gasteiger partial charge < -0.3 is 9.47 Å². The highest BCUT2D eigenvalue weighted by Crippen LogP contribution is 2.30. The van der Waals surface area contributed by atoms with Crippen molar-refractivity contribution in [2.75, 3.05) is 44.8 Å². The summed E-state index contributed by atoms with van der Waals surface area (Å²) in [5.41, 5.74) is 0.459. The monoisotopic (exact) mass is 398 g/mol. The van der Waals surface area contributed by atoms with E-state index in [1.807, 2.05) is 0 Å². The smallest absolute Gasteiger partial charge is 0.411 e. The number of ether oxygens (including phenoxy) is 2. The van der Waals surface area contributed by atoms with Crippen LogP contribution in [0, 0.1) is 0 Å². The van der Waals surface area contributed by atoms with Gasteiger partial charge in [0.1, 0.15) is 6.61 Å². The summed E-state index contributed by atoms with van der Waals surface area (Å²) >= 11 is 0. The van der Waals surface area contributed by atoms with Gasteiger partial charge in [0.25, 0.3) is 9.05 Å². The van der Waals surface area contributed by atoms with Gasteiger partial charge >= 0.3 is 6.09 Å². The molecule has 2 aromatic carbocycles. The molecule has 0 saturated carbocycles. The summed E-state index contributed by atoms with van der Waals surface area (Å²) in [6, 6.07) is 9.68. The Morgan fingerprint density at radius 3 is 2.58 bits per heavy atom. The van der Waals surface area contributed by atoms with E-state index in [1.165, 1.54) is 6.07 Å². The molecule has 0 radical (unpaired) electrons. The zero-order valence-corrected chi connectivity index (χ0v) is 15.6. The first-order chi connectivity index (χ1) is 12.4. The fourth-order valence-electron chi connectivity index (χ4n) is 2.84. The maximum atomic E-state index is 12.1. The summed E-state index contributed by atoms with van der Waals surface area (Å²) in [4.78, 5) is 14.2. The minimum absolute atomic E-state index is 0.000927. The first-order valence-corrected chi connectivity index (χ1v) is 10.5. The lowest BCUT2D eigenvalue weighted by molar-refractivity contribution is 0.0290. The zero-order chi connectivity index (χ0) is 18.6. The van der Waals surface area contributed by atoms with Crippen LogP contribution >= 0.6 is 10.7 Å². The SMILES string of the molecule is O=C(Nc1cccc2c(S(=O)(=O)Cl)cccc12)OCCN1CCOCC1. The molecule has 3 rings (SSSR count). The van der Waals surface area contributed by atoms with Gasteiger partial charge in [-0.25, -0.2) is 13.2 Å². The van der Waals surface area contributed by atoms with Crippen molar-refractivity contribution in [2.45, 2.75) is 4.90 Å². The van der Waals surface area contributed by atoms with E-state index in [-0.39, 0.29) is 11.5 Å². The lowest BCUT2D eigenvalue weighted by Gasteiger charge is -2.26. The fraction of sp³-hybridized carbons (Fsp3) is 0.353. The van der Waals surface area contributed by atoms with E-state index in [9.17, 15) is 13.2 Å². The molecular formula is C17H19ClN2O5S. The number of morpholine rings is 1.